The second kappa shape index (κ2) is 5.47. The van der Waals surface area contributed by atoms with Crippen LogP contribution in [0, 0.1) is 18.3 Å². The highest BCUT2D eigenvalue weighted by molar-refractivity contribution is 7.13. The van der Waals surface area contributed by atoms with E-state index in [9.17, 15) is 5.26 Å². The Kier molecular flexibility index (Phi) is 3.68. The SMILES string of the molecule is CCc1nc(C(C#N)=Cc2csc(C3CC3)n2)sc1C. The maximum absolute atomic E-state index is 9.37. The molecule has 0 N–H and O–H groups in total. The molecular weight excluding hydrogens is 286 g/mol. The van der Waals surface area contributed by atoms with Gasteiger partial charge in [-0.2, -0.15) is 5.26 Å². The maximum atomic E-state index is 9.37. The van der Waals surface area contributed by atoms with Gasteiger partial charge in [-0.25, -0.2) is 9.97 Å². The molecule has 3 nitrogen and oxygen atoms in total. The van der Waals surface area contributed by atoms with Crippen LogP contribution in [0.5, 0.6) is 0 Å². The van der Waals surface area contributed by atoms with Crippen molar-refractivity contribution >= 4 is 34.3 Å². The van der Waals surface area contributed by atoms with Crippen LogP contribution in [0.4, 0.5) is 0 Å². The quantitative estimate of drug-likeness (QED) is 0.786. The van der Waals surface area contributed by atoms with Gasteiger partial charge in [-0.15, -0.1) is 22.7 Å². The second-order valence-electron chi connectivity index (χ2n) is 4.93. The Morgan fingerprint density at radius 1 is 1.50 bits per heavy atom. The molecule has 0 spiro atoms. The summed E-state index contributed by atoms with van der Waals surface area (Å²) in [7, 11) is 0. The van der Waals surface area contributed by atoms with E-state index in [1.807, 2.05) is 11.5 Å². The molecule has 1 fully saturated rings. The summed E-state index contributed by atoms with van der Waals surface area (Å²) in [6.07, 6.45) is 5.28. The Balaban J connectivity index is 1.90. The van der Waals surface area contributed by atoms with Gasteiger partial charge in [0.15, 0.2) is 0 Å². The van der Waals surface area contributed by atoms with Crippen molar-refractivity contribution in [1.82, 2.24) is 9.97 Å². The number of aromatic nitrogens is 2. The largest absolute Gasteiger partial charge is 0.242 e. The fraction of sp³-hybridized carbons (Fsp3) is 0.400. The molecule has 2 aromatic rings. The Labute approximate surface area is 126 Å². The molecule has 0 aliphatic heterocycles. The lowest BCUT2D eigenvalue weighted by Crippen LogP contribution is -1.85. The summed E-state index contributed by atoms with van der Waals surface area (Å²) in [6, 6.07) is 2.26. The fourth-order valence-corrected chi connectivity index (χ4v) is 3.96. The number of thiazole rings is 2. The van der Waals surface area contributed by atoms with Gasteiger partial charge in [0.05, 0.1) is 22.0 Å². The van der Waals surface area contributed by atoms with Crippen LogP contribution in [0.1, 0.15) is 52.0 Å². The Hall–Kier alpha value is -1.51. The molecule has 3 rings (SSSR count). The Bertz CT molecular complexity index is 699. The van der Waals surface area contributed by atoms with Crippen molar-refractivity contribution in [1.29, 1.82) is 5.26 Å². The fourth-order valence-electron chi connectivity index (χ4n) is 2.05. The average molecular weight is 301 g/mol. The molecule has 0 radical (unpaired) electrons. The average Bonchev–Trinajstić information content (AvgIpc) is 3.08. The van der Waals surface area contributed by atoms with Crippen LogP contribution in [0.15, 0.2) is 5.38 Å². The topological polar surface area (TPSA) is 49.6 Å². The number of hydrogen-bond acceptors (Lipinski definition) is 5. The third-order valence-corrected chi connectivity index (χ3v) is 5.41. The number of nitriles is 1. The van der Waals surface area contributed by atoms with Crippen LogP contribution in [-0.4, -0.2) is 9.97 Å². The summed E-state index contributed by atoms with van der Waals surface area (Å²) < 4.78 is 0. The normalized spacial score (nSPS) is 15.3. The molecule has 1 aliphatic rings. The minimum absolute atomic E-state index is 0.616. The van der Waals surface area contributed by atoms with E-state index >= 15 is 0 Å². The zero-order valence-electron chi connectivity index (χ0n) is 11.5. The van der Waals surface area contributed by atoms with Crippen molar-refractivity contribution in [2.45, 2.75) is 39.0 Å². The first-order chi connectivity index (χ1) is 9.71. The van der Waals surface area contributed by atoms with Crippen molar-refractivity contribution in [3.63, 3.8) is 0 Å². The molecule has 0 amide bonds. The van der Waals surface area contributed by atoms with Gasteiger partial charge in [0, 0.05) is 16.2 Å². The summed E-state index contributed by atoms with van der Waals surface area (Å²) >= 11 is 3.29. The molecule has 1 aliphatic carbocycles. The zero-order chi connectivity index (χ0) is 14.1. The van der Waals surface area contributed by atoms with Crippen LogP contribution in [-0.2, 0) is 6.42 Å². The van der Waals surface area contributed by atoms with Crippen molar-refractivity contribution in [3.05, 3.63) is 31.7 Å². The molecule has 0 bridgehead atoms. The minimum atomic E-state index is 0.616. The third kappa shape index (κ3) is 2.67. The van der Waals surface area contributed by atoms with Crippen LogP contribution >= 0.6 is 22.7 Å². The summed E-state index contributed by atoms with van der Waals surface area (Å²) in [4.78, 5) is 10.4. The first-order valence-electron chi connectivity index (χ1n) is 6.75. The molecule has 102 valence electrons. The lowest BCUT2D eigenvalue weighted by Gasteiger charge is -1.91. The summed E-state index contributed by atoms with van der Waals surface area (Å²) in [6.45, 7) is 4.15. The highest BCUT2D eigenvalue weighted by atomic mass is 32.1. The molecule has 0 atom stereocenters. The first kappa shape index (κ1) is 13.5. The van der Waals surface area contributed by atoms with Crippen LogP contribution < -0.4 is 0 Å². The Morgan fingerprint density at radius 3 is 2.90 bits per heavy atom. The van der Waals surface area contributed by atoms with Gasteiger partial charge in [0.1, 0.15) is 11.1 Å². The monoisotopic (exact) mass is 301 g/mol. The summed E-state index contributed by atoms with van der Waals surface area (Å²) in [5.41, 5.74) is 2.59. The predicted molar refractivity (Wildman–Crippen MR) is 83.8 cm³/mol. The second-order valence-corrected chi connectivity index (χ2v) is 7.02. The maximum Gasteiger partial charge on any atom is 0.134 e. The molecule has 20 heavy (non-hydrogen) atoms. The van der Waals surface area contributed by atoms with E-state index in [-0.39, 0.29) is 0 Å². The molecular formula is C15H15N3S2. The highest BCUT2D eigenvalue weighted by Crippen LogP contribution is 2.41. The third-order valence-electron chi connectivity index (χ3n) is 3.34. The van der Waals surface area contributed by atoms with Crippen molar-refractivity contribution < 1.29 is 0 Å². The van der Waals surface area contributed by atoms with E-state index in [1.54, 1.807) is 22.7 Å². The molecule has 2 aromatic heterocycles. The molecule has 2 heterocycles. The first-order valence-corrected chi connectivity index (χ1v) is 8.44. The van der Waals surface area contributed by atoms with Crippen molar-refractivity contribution in [2.75, 3.05) is 0 Å². The number of nitrogens with zero attached hydrogens (tertiary/aromatic N) is 3. The van der Waals surface area contributed by atoms with Gasteiger partial charge in [0.25, 0.3) is 0 Å². The van der Waals surface area contributed by atoms with Crippen molar-refractivity contribution in [3.8, 4) is 6.07 Å². The molecule has 0 aromatic carbocycles. The van der Waals surface area contributed by atoms with E-state index in [0.717, 1.165) is 22.8 Å². The Morgan fingerprint density at radius 2 is 2.30 bits per heavy atom. The van der Waals surface area contributed by atoms with Crippen LogP contribution in [0.3, 0.4) is 0 Å². The number of allylic oxidation sites excluding steroid dienone is 1. The van der Waals surface area contributed by atoms with Gasteiger partial charge >= 0.3 is 0 Å². The van der Waals surface area contributed by atoms with Gasteiger partial charge < -0.3 is 0 Å². The van der Waals surface area contributed by atoms with Gasteiger partial charge in [-0.1, -0.05) is 6.92 Å². The van der Waals surface area contributed by atoms with E-state index in [1.165, 1.54) is 22.7 Å². The molecule has 5 heteroatoms. The predicted octanol–water partition coefficient (Wildman–Crippen LogP) is 4.41. The lowest BCUT2D eigenvalue weighted by atomic mass is 10.2. The summed E-state index contributed by atoms with van der Waals surface area (Å²) in [5.74, 6) is 0.668. The van der Waals surface area contributed by atoms with Crippen LogP contribution in [0.2, 0.25) is 0 Å². The van der Waals surface area contributed by atoms with E-state index < -0.39 is 0 Å². The van der Waals surface area contributed by atoms with Gasteiger partial charge in [-0.3, -0.25) is 0 Å². The molecule has 0 unspecified atom stereocenters. The van der Waals surface area contributed by atoms with E-state index in [2.05, 4.69) is 29.9 Å². The number of aryl methyl sites for hydroxylation is 2. The summed E-state index contributed by atoms with van der Waals surface area (Å²) in [5, 5.41) is 13.4. The minimum Gasteiger partial charge on any atom is -0.242 e. The zero-order valence-corrected chi connectivity index (χ0v) is 13.1. The molecule has 1 saturated carbocycles. The smallest absolute Gasteiger partial charge is 0.134 e. The lowest BCUT2D eigenvalue weighted by molar-refractivity contribution is 1.04. The number of hydrogen-bond donors (Lipinski definition) is 0. The van der Waals surface area contributed by atoms with E-state index in [4.69, 9.17) is 0 Å². The van der Waals surface area contributed by atoms with Crippen LogP contribution in [0.25, 0.3) is 11.6 Å². The van der Waals surface area contributed by atoms with Gasteiger partial charge in [-0.05, 0) is 32.3 Å². The van der Waals surface area contributed by atoms with E-state index in [0.29, 0.717) is 11.5 Å². The highest BCUT2D eigenvalue weighted by Gasteiger charge is 2.26. The number of rotatable bonds is 4. The molecule has 0 saturated heterocycles. The standard InChI is InChI=1S/C15H15N3S2/c1-3-13-9(2)20-15(18-13)11(7-16)6-12-8-19-14(17-12)10-4-5-10/h6,8,10H,3-5H2,1-2H3. The van der Waals surface area contributed by atoms with Gasteiger partial charge in [0.2, 0.25) is 0 Å². The van der Waals surface area contributed by atoms with Crippen molar-refractivity contribution in [2.24, 2.45) is 0 Å².